The highest BCUT2D eigenvalue weighted by Crippen LogP contribution is 2.38. The zero-order valence-electron chi connectivity index (χ0n) is 20.7. The van der Waals surface area contributed by atoms with Crippen LogP contribution in [-0.2, 0) is 4.79 Å². The van der Waals surface area contributed by atoms with E-state index in [1.165, 1.54) is 37.0 Å². The summed E-state index contributed by atoms with van der Waals surface area (Å²) in [6, 6.07) is 7.38. The summed E-state index contributed by atoms with van der Waals surface area (Å²) in [7, 11) is 3.28. The van der Waals surface area contributed by atoms with Gasteiger partial charge in [0, 0.05) is 13.1 Å². The van der Waals surface area contributed by atoms with Crippen molar-refractivity contribution in [2.45, 2.75) is 88.6 Å². The van der Waals surface area contributed by atoms with E-state index in [9.17, 15) is 9.59 Å². The number of hydrogen-bond donors (Lipinski definition) is 3. The van der Waals surface area contributed by atoms with Gasteiger partial charge in [0.1, 0.15) is 11.3 Å². The van der Waals surface area contributed by atoms with Crippen molar-refractivity contribution in [1.82, 2.24) is 15.5 Å². The predicted molar refractivity (Wildman–Crippen MR) is 133 cm³/mol. The van der Waals surface area contributed by atoms with Crippen molar-refractivity contribution in [1.29, 1.82) is 5.41 Å². The molecular formula is C27H40N4O3. The second kappa shape index (κ2) is 10.8. The van der Waals surface area contributed by atoms with Gasteiger partial charge in [-0.05, 0) is 56.1 Å². The summed E-state index contributed by atoms with van der Waals surface area (Å²) in [6.07, 6.45) is 12.9. The van der Waals surface area contributed by atoms with Crippen LogP contribution in [-0.4, -0.2) is 48.4 Å². The van der Waals surface area contributed by atoms with Crippen LogP contribution in [0.2, 0.25) is 0 Å². The Kier molecular flexibility index (Phi) is 7.79. The van der Waals surface area contributed by atoms with Crippen LogP contribution in [0.3, 0.4) is 0 Å². The van der Waals surface area contributed by atoms with Crippen LogP contribution in [0.15, 0.2) is 24.3 Å². The third-order valence-electron chi connectivity index (χ3n) is 8.22. The molecule has 1 aromatic carbocycles. The van der Waals surface area contributed by atoms with Gasteiger partial charge in [-0.15, -0.1) is 0 Å². The van der Waals surface area contributed by atoms with E-state index in [2.05, 4.69) is 10.6 Å². The lowest BCUT2D eigenvalue weighted by atomic mass is 9.74. The lowest BCUT2D eigenvalue weighted by Gasteiger charge is -2.36. The second-order valence-corrected chi connectivity index (χ2v) is 10.6. The molecule has 0 unspecified atom stereocenters. The average Bonchev–Trinajstić information content (AvgIpc) is 3.07. The second-order valence-electron chi connectivity index (χ2n) is 10.6. The van der Waals surface area contributed by atoms with Crippen LogP contribution in [0, 0.1) is 17.2 Å². The molecule has 2 saturated carbocycles. The van der Waals surface area contributed by atoms with Gasteiger partial charge < -0.3 is 15.4 Å². The molecule has 0 aromatic heterocycles. The van der Waals surface area contributed by atoms with Gasteiger partial charge in [0.2, 0.25) is 0 Å². The predicted octanol–water partition coefficient (Wildman–Crippen LogP) is 4.47. The van der Waals surface area contributed by atoms with E-state index in [-0.39, 0.29) is 23.8 Å². The van der Waals surface area contributed by atoms with Crippen LogP contribution in [0.25, 0.3) is 0 Å². The van der Waals surface area contributed by atoms with Gasteiger partial charge in [0.25, 0.3) is 11.8 Å². The van der Waals surface area contributed by atoms with Gasteiger partial charge in [0.15, 0.2) is 5.96 Å². The van der Waals surface area contributed by atoms with E-state index in [1.54, 1.807) is 26.3 Å². The Balaban J connectivity index is 1.41. The van der Waals surface area contributed by atoms with Gasteiger partial charge in [0.05, 0.1) is 12.7 Å². The Morgan fingerprint density at radius 1 is 1.15 bits per heavy atom. The molecule has 7 nitrogen and oxygen atoms in total. The normalized spacial score (nSPS) is 28.0. The van der Waals surface area contributed by atoms with E-state index < -0.39 is 5.54 Å². The molecule has 0 radical (unpaired) electrons. The monoisotopic (exact) mass is 468 g/mol. The van der Waals surface area contributed by atoms with Crippen molar-refractivity contribution in [3.8, 4) is 5.75 Å². The lowest BCUT2D eigenvalue weighted by Crippen LogP contribution is -2.50. The number of likely N-dealkylation sites (N-methyl/N-ethyl adjacent to an activating group) is 1. The van der Waals surface area contributed by atoms with Crippen molar-refractivity contribution in [3.63, 3.8) is 0 Å². The van der Waals surface area contributed by atoms with E-state index in [1.807, 2.05) is 12.1 Å². The van der Waals surface area contributed by atoms with Gasteiger partial charge in [-0.25, -0.2) is 0 Å². The van der Waals surface area contributed by atoms with Crippen LogP contribution in [0.5, 0.6) is 5.75 Å². The van der Waals surface area contributed by atoms with Crippen molar-refractivity contribution in [2.75, 3.05) is 14.2 Å². The van der Waals surface area contributed by atoms with Crippen LogP contribution < -0.4 is 15.4 Å². The van der Waals surface area contributed by atoms with E-state index in [0.717, 1.165) is 44.9 Å². The maximum atomic E-state index is 13.3. The van der Waals surface area contributed by atoms with Crippen LogP contribution in [0.1, 0.15) is 87.4 Å². The summed E-state index contributed by atoms with van der Waals surface area (Å²) in [5, 5.41) is 14.8. The number of nitrogens with zero attached hydrogens (tertiary/aromatic N) is 1. The highest BCUT2D eigenvalue weighted by atomic mass is 16.5. The fourth-order valence-corrected chi connectivity index (χ4v) is 6.32. The van der Waals surface area contributed by atoms with E-state index >= 15 is 0 Å². The van der Waals surface area contributed by atoms with Gasteiger partial charge >= 0.3 is 0 Å². The number of carbonyl (C=O) groups excluding carboxylic acids is 2. The first kappa shape index (κ1) is 24.6. The quantitative estimate of drug-likeness (QED) is 0.525. The fraction of sp³-hybridized carbons (Fsp3) is 0.667. The first-order valence-electron chi connectivity index (χ1n) is 13.0. The number of guanidine groups is 1. The summed E-state index contributed by atoms with van der Waals surface area (Å²) < 4.78 is 5.36. The Morgan fingerprint density at radius 2 is 1.88 bits per heavy atom. The van der Waals surface area contributed by atoms with Crippen molar-refractivity contribution < 1.29 is 14.3 Å². The number of rotatable bonds is 8. The molecule has 1 aliphatic heterocycles. The number of methoxy groups -OCH3 is 1. The molecule has 0 spiro atoms. The standard InChI is InChI=1S/C27H40N4O3/c1-31-25(33)27(30-26(31)28,16-15-19-9-4-3-5-10-19)18-20-11-8-12-21(17-20)29-24(32)22-13-6-7-14-23(22)34-2/h6-7,13-14,19-21H,3-5,8-12,15-18H2,1-2H3,(H2,28,30)(H,29,32)/t20-,21+,27+/m0/s1. The molecule has 3 N–H and O–H groups in total. The smallest absolute Gasteiger partial charge is 0.255 e. The Bertz CT molecular complexity index is 898. The highest BCUT2D eigenvalue weighted by Gasteiger charge is 2.49. The molecule has 3 aliphatic rings. The number of ether oxygens (including phenoxy) is 1. The molecule has 7 heteroatoms. The molecule has 0 bridgehead atoms. The lowest BCUT2D eigenvalue weighted by molar-refractivity contribution is -0.131. The minimum atomic E-state index is -0.678. The molecule has 186 valence electrons. The van der Waals surface area contributed by atoms with Gasteiger partial charge in [-0.3, -0.25) is 19.9 Å². The fourth-order valence-electron chi connectivity index (χ4n) is 6.32. The van der Waals surface area contributed by atoms with Gasteiger partial charge in [-0.1, -0.05) is 57.1 Å². The molecular weight excluding hydrogens is 428 g/mol. The first-order valence-corrected chi connectivity index (χ1v) is 13.0. The molecule has 3 fully saturated rings. The number of carbonyl (C=O) groups is 2. The highest BCUT2D eigenvalue weighted by molar-refractivity contribution is 6.07. The Labute approximate surface area is 203 Å². The molecule has 4 rings (SSSR count). The minimum Gasteiger partial charge on any atom is -0.496 e. The maximum Gasteiger partial charge on any atom is 0.255 e. The Morgan fingerprint density at radius 3 is 2.59 bits per heavy atom. The number of hydrogen-bond acceptors (Lipinski definition) is 4. The molecule has 34 heavy (non-hydrogen) atoms. The number of para-hydroxylation sites is 1. The first-order chi connectivity index (χ1) is 16.4. The zero-order valence-corrected chi connectivity index (χ0v) is 20.7. The number of nitrogens with one attached hydrogen (secondary N) is 3. The average molecular weight is 469 g/mol. The van der Waals surface area contributed by atoms with Crippen molar-refractivity contribution >= 4 is 17.8 Å². The molecule has 2 amide bonds. The van der Waals surface area contributed by atoms with E-state index in [4.69, 9.17) is 10.1 Å². The van der Waals surface area contributed by atoms with Crippen molar-refractivity contribution in [3.05, 3.63) is 29.8 Å². The summed E-state index contributed by atoms with van der Waals surface area (Å²) in [6.45, 7) is 0. The maximum absolute atomic E-state index is 13.3. The minimum absolute atomic E-state index is 0.0356. The van der Waals surface area contributed by atoms with Crippen LogP contribution in [0.4, 0.5) is 0 Å². The number of benzene rings is 1. The molecule has 3 atom stereocenters. The third-order valence-corrected chi connectivity index (χ3v) is 8.22. The largest absolute Gasteiger partial charge is 0.496 e. The summed E-state index contributed by atoms with van der Waals surface area (Å²) in [4.78, 5) is 27.7. The molecule has 2 aliphatic carbocycles. The molecule has 1 heterocycles. The molecule has 1 aromatic rings. The zero-order chi connectivity index (χ0) is 24.1. The van der Waals surface area contributed by atoms with E-state index in [0.29, 0.717) is 23.1 Å². The molecule has 1 saturated heterocycles. The van der Waals surface area contributed by atoms with Crippen LogP contribution >= 0.6 is 0 Å². The number of amides is 2. The summed E-state index contributed by atoms with van der Waals surface area (Å²) in [5.41, 5.74) is -0.124. The summed E-state index contributed by atoms with van der Waals surface area (Å²) in [5.74, 6) is 1.75. The SMILES string of the molecule is COc1ccccc1C(=O)N[C@@H]1CCC[C@H](C[C@@]2(CCC3CCCCC3)NC(=N)N(C)C2=O)C1. The Hall–Kier alpha value is -2.57. The third kappa shape index (κ3) is 5.39. The van der Waals surface area contributed by atoms with Crippen molar-refractivity contribution in [2.24, 2.45) is 11.8 Å². The topological polar surface area (TPSA) is 94.5 Å². The summed E-state index contributed by atoms with van der Waals surface area (Å²) >= 11 is 0. The van der Waals surface area contributed by atoms with Gasteiger partial charge in [-0.2, -0.15) is 0 Å².